The first-order chi connectivity index (χ1) is 9.56. The van der Waals surface area contributed by atoms with Crippen LogP contribution in [-0.4, -0.2) is 25.5 Å². The fourth-order valence-corrected chi connectivity index (χ4v) is 2.73. The Labute approximate surface area is 119 Å². The van der Waals surface area contributed by atoms with Gasteiger partial charge in [-0.2, -0.15) is 0 Å². The number of benzene rings is 1. The van der Waals surface area contributed by atoms with Crippen LogP contribution in [0.25, 0.3) is 0 Å². The summed E-state index contributed by atoms with van der Waals surface area (Å²) in [6.07, 6.45) is 3.12. The van der Waals surface area contributed by atoms with E-state index >= 15 is 0 Å². The second kappa shape index (κ2) is 6.07. The van der Waals surface area contributed by atoms with Gasteiger partial charge in [0.25, 0.3) is 0 Å². The molecule has 1 aliphatic rings. The molecule has 0 fully saturated rings. The van der Waals surface area contributed by atoms with E-state index in [1.54, 1.807) is 14.0 Å². The fraction of sp³-hybridized carbons (Fsp3) is 0.500. The predicted molar refractivity (Wildman–Crippen MR) is 78.5 cm³/mol. The molecule has 1 aromatic carbocycles. The Bertz CT molecular complexity index is 537. The van der Waals surface area contributed by atoms with E-state index in [0.717, 1.165) is 41.6 Å². The number of anilines is 1. The third kappa shape index (κ3) is 2.69. The molecule has 0 N–H and O–H groups in total. The summed E-state index contributed by atoms with van der Waals surface area (Å²) in [5.74, 6) is 0.214. The predicted octanol–water partition coefficient (Wildman–Crippen LogP) is 3.50. The van der Waals surface area contributed by atoms with Crippen molar-refractivity contribution in [3.63, 3.8) is 0 Å². The highest BCUT2D eigenvalue weighted by Gasteiger charge is 2.21. The summed E-state index contributed by atoms with van der Waals surface area (Å²) < 4.78 is 5.02. The van der Waals surface area contributed by atoms with Crippen molar-refractivity contribution in [1.29, 1.82) is 0 Å². The second-order valence-electron chi connectivity index (χ2n) is 5.12. The number of rotatable bonds is 2. The van der Waals surface area contributed by atoms with Crippen molar-refractivity contribution in [3.8, 4) is 0 Å². The summed E-state index contributed by atoms with van der Waals surface area (Å²) >= 11 is 0. The standard InChI is InChI=1S/C16H21NO3/c1-4-20-16(19)17(3)14-10-9-13-12(11(14)2)7-5-6-8-15(13)18/h9-10H,4-8H2,1-3H3. The zero-order valence-electron chi connectivity index (χ0n) is 12.4. The molecule has 0 aliphatic heterocycles. The first-order valence-electron chi connectivity index (χ1n) is 7.12. The molecule has 0 radical (unpaired) electrons. The minimum Gasteiger partial charge on any atom is -0.449 e. The van der Waals surface area contributed by atoms with E-state index in [4.69, 9.17) is 4.74 Å². The normalized spacial score (nSPS) is 14.4. The summed E-state index contributed by atoms with van der Waals surface area (Å²) in [6.45, 7) is 4.11. The molecule has 2 rings (SSSR count). The van der Waals surface area contributed by atoms with E-state index in [0.29, 0.717) is 13.0 Å². The maximum atomic E-state index is 12.1. The van der Waals surface area contributed by atoms with Crippen molar-refractivity contribution >= 4 is 17.6 Å². The van der Waals surface area contributed by atoms with Crippen molar-refractivity contribution in [3.05, 3.63) is 28.8 Å². The maximum absolute atomic E-state index is 12.1. The van der Waals surface area contributed by atoms with Crippen LogP contribution < -0.4 is 4.90 Å². The van der Waals surface area contributed by atoms with Crippen LogP contribution >= 0.6 is 0 Å². The lowest BCUT2D eigenvalue weighted by molar-refractivity contribution is 0.0982. The van der Waals surface area contributed by atoms with Crippen LogP contribution in [0.2, 0.25) is 0 Å². The van der Waals surface area contributed by atoms with Crippen molar-refractivity contribution in [2.24, 2.45) is 0 Å². The molecule has 0 unspecified atom stereocenters. The number of ketones is 1. The number of Topliss-reactive ketones (excluding diaryl/α,β-unsaturated/α-hetero) is 1. The van der Waals surface area contributed by atoms with Crippen LogP contribution in [0.4, 0.5) is 10.5 Å². The summed E-state index contributed by atoms with van der Waals surface area (Å²) in [5.41, 5.74) is 3.73. The smallest absolute Gasteiger partial charge is 0.414 e. The lowest BCUT2D eigenvalue weighted by Crippen LogP contribution is -2.28. The summed E-state index contributed by atoms with van der Waals surface area (Å²) in [6, 6.07) is 3.69. The van der Waals surface area contributed by atoms with E-state index in [1.807, 2.05) is 19.1 Å². The van der Waals surface area contributed by atoms with Gasteiger partial charge in [0.2, 0.25) is 0 Å². The molecule has 0 heterocycles. The molecule has 0 saturated heterocycles. The molecule has 1 amide bonds. The maximum Gasteiger partial charge on any atom is 0.414 e. The number of carbonyl (C=O) groups excluding carboxylic acids is 2. The van der Waals surface area contributed by atoms with Crippen LogP contribution in [0.15, 0.2) is 12.1 Å². The Morgan fingerprint density at radius 3 is 2.70 bits per heavy atom. The average molecular weight is 275 g/mol. The summed E-state index contributed by atoms with van der Waals surface area (Å²) in [7, 11) is 1.70. The number of ether oxygens (including phenoxy) is 1. The van der Waals surface area contributed by atoms with E-state index in [1.165, 1.54) is 4.90 Å². The van der Waals surface area contributed by atoms with Gasteiger partial charge in [0.15, 0.2) is 5.78 Å². The number of carbonyl (C=O) groups is 2. The number of fused-ring (bicyclic) bond motifs is 1. The van der Waals surface area contributed by atoms with Gasteiger partial charge >= 0.3 is 6.09 Å². The van der Waals surface area contributed by atoms with Gasteiger partial charge in [-0.05, 0) is 56.4 Å². The molecule has 0 saturated carbocycles. The second-order valence-corrected chi connectivity index (χ2v) is 5.12. The zero-order valence-corrected chi connectivity index (χ0v) is 12.4. The van der Waals surface area contributed by atoms with Gasteiger partial charge in [-0.3, -0.25) is 9.69 Å². The number of nitrogens with zero attached hydrogens (tertiary/aromatic N) is 1. The Morgan fingerprint density at radius 2 is 2.00 bits per heavy atom. The lowest BCUT2D eigenvalue weighted by atomic mass is 9.95. The van der Waals surface area contributed by atoms with E-state index in [2.05, 4.69) is 0 Å². The highest BCUT2D eigenvalue weighted by Crippen LogP contribution is 2.30. The Hall–Kier alpha value is -1.84. The van der Waals surface area contributed by atoms with Gasteiger partial charge < -0.3 is 4.74 Å². The molecular formula is C16H21NO3. The largest absolute Gasteiger partial charge is 0.449 e. The average Bonchev–Trinajstić information content (AvgIpc) is 2.62. The van der Waals surface area contributed by atoms with Gasteiger partial charge in [0.1, 0.15) is 0 Å². The SMILES string of the molecule is CCOC(=O)N(C)c1ccc2c(c1C)CCCCC2=O. The molecule has 0 spiro atoms. The van der Waals surface area contributed by atoms with Crippen LogP contribution in [0.1, 0.15) is 47.7 Å². The van der Waals surface area contributed by atoms with E-state index < -0.39 is 0 Å². The molecular weight excluding hydrogens is 254 g/mol. The van der Waals surface area contributed by atoms with Crippen LogP contribution in [0, 0.1) is 6.92 Å². The fourth-order valence-electron chi connectivity index (χ4n) is 2.73. The first kappa shape index (κ1) is 14.6. The van der Waals surface area contributed by atoms with E-state index in [9.17, 15) is 9.59 Å². The molecule has 20 heavy (non-hydrogen) atoms. The third-order valence-corrected chi connectivity index (χ3v) is 3.85. The molecule has 4 nitrogen and oxygen atoms in total. The molecule has 4 heteroatoms. The van der Waals surface area contributed by atoms with Crippen molar-refractivity contribution in [1.82, 2.24) is 0 Å². The van der Waals surface area contributed by atoms with Gasteiger partial charge in [0.05, 0.1) is 6.61 Å². The van der Waals surface area contributed by atoms with Gasteiger partial charge in [-0.1, -0.05) is 0 Å². The Morgan fingerprint density at radius 1 is 1.30 bits per heavy atom. The molecule has 0 aromatic heterocycles. The highest BCUT2D eigenvalue weighted by atomic mass is 16.6. The molecule has 108 valence electrons. The van der Waals surface area contributed by atoms with Crippen molar-refractivity contribution < 1.29 is 14.3 Å². The summed E-state index contributed by atoms with van der Waals surface area (Å²) in [5, 5.41) is 0. The number of hydrogen-bond acceptors (Lipinski definition) is 3. The van der Waals surface area contributed by atoms with Gasteiger partial charge in [-0.25, -0.2) is 4.79 Å². The zero-order chi connectivity index (χ0) is 14.7. The van der Waals surface area contributed by atoms with Gasteiger partial charge in [0, 0.05) is 24.7 Å². The minimum absolute atomic E-state index is 0.214. The monoisotopic (exact) mass is 275 g/mol. The molecule has 0 bridgehead atoms. The van der Waals surface area contributed by atoms with E-state index in [-0.39, 0.29) is 11.9 Å². The minimum atomic E-state index is -0.365. The molecule has 0 atom stereocenters. The topological polar surface area (TPSA) is 46.6 Å². The third-order valence-electron chi connectivity index (χ3n) is 3.85. The Kier molecular flexibility index (Phi) is 4.42. The highest BCUT2D eigenvalue weighted by molar-refractivity contribution is 5.99. The van der Waals surface area contributed by atoms with Crippen molar-refractivity contribution in [2.75, 3.05) is 18.6 Å². The van der Waals surface area contributed by atoms with Crippen LogP contribution in [0.3, 0.4) is 0 Å². The van der Waals surface area contributed by atoms with Crippen LogP contribution in [0.5, 0.6) is 0 Å². The Balaban J connectivity index is 2.40. The van der Waals surface area contributed by atoms with Gasteiger partial charge in [-0.15, -0.1) is 0 Å². The quantitative estimate of drug-likeness (QED) is 0.776. The van der Waals surface area contributed by atoms with Crippen LogP contribution in [-0.2, 0) is 11.2 Å². The van der Waals surface area contributed by atoms with Crippen molar-refractivity contribution in [2.45, 2.75) is 39.5 Å². The number of hydrogen-bond donors (Lipinski definition) is 0. The first-order valence-corrected chi connectivity index (χ1v) is 7.12. The summed E-state index contributed by atoms with van der Waals surface area (Å²) in [4.78, 5) is 25.4. The number of amides is 1. The molecule has 1 aliphatic carbocycles. The molecule has 1 aromatic rings. The lowest BCUT2D eigenvalue weighted by Gasteiger charge is -2.21.